The molecule has 33 heavy (non-hydrogen) atoms. The maximum atomic E-state index is 13.0. The van der Waals surface area contributed by atoms with Crippen LogP contribution in [0.25, 0.3) is 0 Å². The molecular formula is C22H21N5O6. The Morgan fingerprint density at radius 1 is 1.12 bits per heavy atom. The monoisotopic (exact) mass is 451 g/mol. The van der Waals surface area contributed by atoms with Crippen LogP contribution in [-0.4, -0.2) is 46.7 Å². The van der Waals surface area contributed by atoms with Gasteiger partial charge in [-0.25, -0.2) is 4.79 Å². The van der Waals surface area contributed by atoms with Gasteiger partial charge in [-0.3, -0.25) is 29.4 Å². The van der Waals surface area contributed by atoms with Crippen LogP contribution >= 0.6 is 0 Å². The molecule has 4 rings (SSSR count). The van der Waals surface area contributed by atoms with Crippen molar-refractivity contribution in [1.82, 2.24) is 10.2 Å². The van der Waals surface area contributed by atoms with Crippen molar-refractivity contribution in [2.75, 3.05) is 23.3 Å². The molecule has 11 heteroatoms. The van der Waals surface area contributed by atoms with E-state index in [2.05, 4.69) is 10.6 Å². The number of nitro benzene ring substituents is 1. The Bertz CT molecular complexity index is 1150. The number of hydrogen-bond donors (Lipinski definition) is 2. The Balaban J connectivity index is 1.41. The predicted molar refractivity (Wildman–Crippen MR) is 117 cm³/mol. The van der Waals surface area contributed by atoms with Crippen molar-refractivity contribution in [3.63, 3.8) is 0 Å². The van der Waals surface area contributed by atoms with E-state index in [1.807, 2.05) is 0 Å². The quantitative estimate of drug-likeness (QED) is 0.391. The standard InChI is InChI=1S/C22H21N5O6/c1-22(14-4-8-17(9-5-14)27(32)33)20(30)26(21(31)24-22)13-18(28)23-15-6-10-16(11-7-15)25-12-2-3-19(25)29/h4-11H,2-3,12-13H2,1H3,(H,23,28)(H,24,31)/t22-/m0/s1. The van der Waals surface area contributed by atoms with Crippen LogP contribution in [-0.2, 0) is 19.9 Å². The molecule has 0 radical (unpaired) electrons. The van der Waals surface area contributed by atoms with Gasteiger partial charge in [0.1, 0.15) is 12.1 Å². The van der Waals surface area contributed by atoms with Gasteiger partial charge >= 0.3 is 6.03 Å². The molecule has 2 aromatic carbocycles. The lowest BCUT2D eigenvalue weighted by Crippen LogP contribution is -2.42. The van der Waals surface area contributed by atoms with Gasteiger partial charge < -0.3 is 15.5 Å². The van der Waals surface area contributed by atoms with Crippen molar-refractivity contribution in [1.29, 1.82) is 0 Å². The number of benzene rings is 2. The summed E-state index contributed by atoms with van der Waals surface area (Å²) in [4.78, 5) is 62.5. The number of imide groups is 1. The molecule has 2 aromatic rings. The molecule has 0 bridgehead atoms. The van der Waals surface area contributed by atoms with Crippen LogP contribution in [0.5, 0.6) is 0 Å². The van der Waals surface area contributed by atoms with E-state index < -0.39 is 34.9 Å². The predicted octanol–water partition coefficient (Wildman–Crippen LogP) is 2.13. The number of anilines is 2. The van der Waals surface area contributed by atoms with Crippen molar-refractivity contribution < 1.29 is 24.1 Å². The Labute approximate surface area is 188 Å². The molecular weight excluding hydrogens is 430 g/mol. The molecule has 0 aromatic heterocycles. The minimum Gasteiger partial charge on any atom is -0.325 e. The number of carbonyl (C=O) groups is 4. The first-order valence-electron chi connectivity index (χ1n) is 10.3. The molecule has 0 spiro atoms. The average molecular weight is 451 g/mol. The van der Waals surface area contributed by atoms with E-state index in [1.54, 1.807) is 29.2 Å². The Morgan fingerprint density at radius 3 is 2.36 bits per heavy atom. The van der Waals surface area contributed by atoms with Gasteiger partial charge in [0.2, 0.25) is 11.8 Å². The molecule has 2 N–H and O–H groups in total. The van der Waals surface area contributed by atoms with Crippen LogP contribution in [0.15, 0.2) is 48.5 Å². The molecule has 2 heterocycles. The topological polar surface area (TPSA) is 142 Å². The number of non-ortho nitro benzene ring substituents is 1. The summed E-state index contributed by atoms with van der Waals surface area (Å²) in [7, 11) is 0. The molecule has 11 nitrogen and oxygen atoms in total. The first kappa shape index (κ1) is 21.9. The Morgan fingerprint density at radius 2 is 1.79 bits per heavy atom. The lowest BCUT2D eigenvalue weighted by Gasteiger charge is -2.22. The largest absolute Gasteiger partial charge is 0.325 e. The SMILES string of the molecule is C[C@@]1(c2ccc([N+](=O)[O-])cc2)NC(=O)N(CC(=O)Nc2ccc(N3CCCC3=O)cc2)C1=O. The van der Waals surface area contributed by atoms with Crippen LogP contribution in [0.2, 0.25) is 0 Å². The number of urea groups is 1. The first-order valence-corrected chi connectivity index (χ1v) is 10.3. The van der Waals surface area contributed by atoms with Gasteiger partial charge in [-0.1, -0.05) is 0 Å². The van der Waals surface area contributed by atoms with Gasteiger partial charge in [-0.15, -0.1) is 0 Å². The third-order valence-corrected chi connectivity index (χ3v) is 5.77. The van der Waals surface area contributed by atoms with E-state index in [-0.39, 0.29) is 11.6 Å². The molecule has 2 fully saturated rings. The number of rotatable bonds is 6. The van der Waals surface area contributed by atoms with Crippen LogP contribution in [0.1, 0.15) is 25.3 Å². The van der Waals surface area contributed by atoms with E-state index in [0.717, 1.165) is 17.0 Å². The summed E-state index contributed by atoms with van der Waals surface area (Å²) in [5, 5.41) is 16.0. The molecule has 0 saturated carbocycles. The van der Waals surface area contributed by atoms with Gasteiger partial charge in [0.25, 0.3) is 11.6 Å². The molecule has 0 aliphatic carbocycles. The second-order valence-corrected chi connectivity index (χ2v) is 7.99. The summed E-state index contributed by atoms with van der Waals surface area (Å²) >= 11 is 0. The molecule has 2 aliphatic rings. The highest BCUT2D eigenvalue weighted by molar-refractivity contribution is 6.10. The van der Waals surface area contributed by atoms with E-state index in [0.29, 0.717) is 24.2 Å². The fourth-order valence-corrected chi connectivity index (χ4v) is 3.94. The summed E-state index contributed by atoms with van der Waals surface area (Å²) in [6.45, 7) is 1.63. The summed E-state index contributed by atoms with van der Waals surface area (Å²) < 4.78 is 0. The Kier molecular flexibility index (Phi) is 5.54. The molecule has 5 amide bonds. The van der Waals surface area contributed by atoms with Crippen molar-refractivity contribution in [2.24, 2.45) is 0 Å². The second kappa shape index (κ2) is 8.34. The van der Waals surface area contributed by atoms with Crippen molar-refractivity contribution >= 4 is 40.8 Å². The zero-order valence-corrected chi connectivity index (χ0v) is 17.7. The van der Waals surface area contributed by atoms with Crippen LogP contribution in [0, 0.1) is 10.1 Å². The van der Waals surface area contributed by atoms with Gasteiger partial charge in [-0.2, -0.15) is 0 Å². The number of hydrogen-bond acceptors (Lipinski definition) is 6. The maximum absolute atomic E-state index is 13.0. The van der Waals surface area contributed by atoms with E-state index >= 15 is 0 Å². The number of carbonyl (C=O) groups excluding carboxylic acids is 4. The number of nitro groups is 1. The molecule has 2 aliphatic heterocycles. The van der Waals surface area contributed by atoms with Gasteiger partial charge in [0.05, 0.1) is 4.92 Å². The lowest BCUT2D eigenvalue weighted by molar-refractivity contribution is -0.384. The summed E-state index contributed by atoms with van der Waals surface area (Å²) in [5.41, 5.74) is -0.0305. The maximum Gasteiger partial charge on any atom is 0.325 e. The third-order valence-electron chi connectivity index (χ3n) is 5.77. The Hall–Kier alpha value is -4.28. The van der Waals surface area contributed by atoms with E-state index in [9.17, 15) is 29.3 Å². The van der Waals surface area contributed by atoms with E-state index in [4.69, 9.17) is 0 Å². The minimum absolute atomic E-state index is 0.0569. The van der Waals surface area contributed by atoms with Crippen LogP contribution in [0.3, 0.4) is 0 Å². The van der Waals surface area contributed by atoms with Crippen molar-refractivity contribution in [3.8, 4) is 0 Å². The van der Waals surface area contributed by atoms with Gasteiger partial charge in [-0.05, 0) is 55.3 Å². The van der Waals surface area contributed by atoms with Gasteiger partial charge in [0, 0.05) is 36.5 Å². The van der Waals surface area contributed by atoms with Crippen LogP contribution < -0.4 is 15.5 Å². The van der Waals surface area contributed by atoms with Crippen molar-refractivity contribution in [3.05, 3.63) is 64.2 Å². The zero-order valence-electron chi connectivity index (χ0n) is 17.7. The fourth-order valence-electron chi connectivity index (χ4n) is 3.94. The summed E-state index contributed by atoms with van der Waals surface area (Å²) in [5.74, 6) is -1.16. The fraction of sp³-hybridized carbons (Fsp3) is 0.273. The van der Waals surface area contributed by atoms with Crippen molar-refractivity contribution in [2.45, 2.75) is 25.3 Å². The highest BCUT2D eigenvalue weighted by atomic mass is 16.6. The number of amides is 5. The summed E-state index contributed by atoms with van der Waals surface area (Å²) in [6, 6.07) is 11.3. The van der Waals surface area contributed by atoms with Crippen LogP contribution in [0.4, 0.5) is 21.9 Å². The van der Waals surface area contributed by atoms with E-state index in [1.165, 1.54) is 31.2 Å². The molecule has 170 valence electrons. The second-order valence-electron chi connectivity index (χ2n) is 7.99. The number of nitrogens with one attached hydrogen (secondary N) is 2. The first-order chi connectivity index (χ1) is 15.7. The average Bonchev–Trinajstić information content (AvgIpc) is 3.31. The highest BCUT2D eigenvalue weighted by Gasteiger charge is 2.49. The normalized spacial score (nSPS) is 20.2. The zero-order chi connectivity index (χ0) is 23.8. The lowest BCUT2D eigenvalue weighted by atomic mass is 9.92. The molecule has 2 saturated heterocycles. The molecule has 1 atom stereocenters. The van der Waals surface area contributed by atoms with Gasteiger partial charge in [0.15, 0.2) is 0 Å². The molecule has 0 unspecified atom stereocenters. The number of nitrogens with zero attached hydrogens (tertiary/aromatic N) is 3. The smallest absolute Gasteiger partial charge is 0.325 e. The third kappa shape index (κ3) is 4.12. The highest BCUT2D eigenvalue weighted by Crippen LogP contribution is 2.30. The minimum atomic E-state index is -1.45. The summed E-state index contributed by atoms with van der Waals surface area (Å²) in [6.07, 6.45) is 1.32.